The van der Waals surface area contributed by atoms with Crippen molar-refractivity contribution in [1.82, 2.24) is 10.2 Å². The maximum absolute atomic E-state index is 13.1. The predicted molar refractivity (Wildman–Crippen MR) is 119 cm³/mol. The summed E-state index contributed by atoms with van der Waals surface area (Å²) in [5, 5.41) is 8.45. The van der Waals surface area contributed by atoms with Crippen LogP contribution in [0.5, 0.6) is 11.6 Å². The average Bonchev–Trinajstić information content (AvgIpc) is 2.83. The summed E-state index contributed by atoms with van der Waals surface area (Å²) >= 11 is 0. The molecule has 0 amide bonds. The molecule has 0 saturated carbocycles. The third kappa shape index (κ3) is 6.00. The molecule has 0 spiro atoms. The van der Waals surface area contributed by atoms with Gasteiger partial charge < -0.3 is 9.47 Å². The van der Waals surface area contributed by atoms with E-state index >= 15 is 0 Å². The number of rotatable bonds is 8. The molecule has 0 fully saturated rings. The molecule has 3 aromatic carbocycles. The second-order valence-electron chi connectivity index (χ2n) is 6.87. The van der Waals surface area contributed by atoms with E-state index in [9.17, 15) is 4.39 Å². The maximum Gasteiger partial charge on any atom is 0.276 e. The summed E-state index contributed by atoms with van der Waals surface area (Å²) in [6.07, 6.45) is 3.64. The summed E-state index contributed by atoms with van der Waals surface area (Å²) in [5.74, 6) is 0.570. The number of ether oxygens (including phenoxy) is 2. The number of halogens is 1. The van der Waals surface area contributed by atoms with Crippen LogP contribution in [0.1, 0.15) is 22.4 Å². The lowest BCUT2D eigenvalue weighted by atomic mass is 10.2. The lowest BCUT2D eigenvalue weighted by Crippen LogP contribution is -2.04. The summed E-state index contributed by atoms with van der Waals surface area (Å²) < 4.78 is 25.0. The van der Waals surface area contributed by atoms with Crippen LogP contribution in [0.4, 0.5) is 4.39 Å². The lowest BCUT2D eigenvalue weighted by Gasteiger charge is -2.12. The highest BCUT2D eigenvalue weighted by Crippen LogP contribution is 2.27. The van der Waals surface area contributed by atoms with Gasteiger partial charge in [0, 0.05) is 6.07 Å². The Morgan fingerprint density at radius 3 is 1.94 bits per heavy atom. The van der Waals surface area contributed by atoms with Crippen LogP contribution >= 0.6 is 0 Å². The molecule has 0 unspecified atom stereocenters. The first-order valence-electron chi connectivity index (χ1n) is 9.91. The molecule has 0 N–H and O–H groups in total. The first kappa shape index (κ1) is 20.3. The standard InChI is InChI=1S/C26H21FN2O2/c27-23-14-11-20(12-15-23)13-16-24-17-25(30-18-21-7-3-1-4-8-21)26(29-28-24)31-19-22-9-5-2-6-10-22/h1-17H,18-19H2. The fourth-order valence-corrected chi connectivity index (χ4v) is 2.88. The van der Waals surface area contributed by atoms with Crippen LogP contribution in [0.3, 0.4) is 0 Å². The minimum absolute atomic E-state index is 0.270. The Labute approximate surface area is 180 Å². The van der Waals surface area contributed by atoms with Crippen molar-refractivity contribution >= 4 is 12.2 Å². The number of hydrogen-bond acceptors (Lipinski definition) is 4. The van der Waals surface area contributed by atoms with Crippen molar-refractivity contribution < 1.29 is 13.9 Å². The van der Waals surface area contributed by atoms with Crippen molar-refractivity contribution in [2.45, 2.75) is 13.2 Å². The van der Waals surface area contributed by atoms with Crippen LogP contribution in [0.15, 0.2) is 91.0 Å². The molecule has 154 valence electrons. The minimum Gasteiger partial charge on any atom is -0.483 e. The van der Waals surface area contributed by atoms with E-state index in [1.165, 1.54) is 12.1 Å². The summed E-state index contributed by atoms with van der Waals surface area (Å²) in [6.45, 7) is 0.747. The van der Waals surface area contributed by atoms with Gasteiger partial charge in [-0.3, -0.25) is 0 Å². The maximum atomic E-state index is 13.1. The summed E-state index contributed by atoms with van der Waals surface area (Å²) in [7, 11) is 0. The van der Waals surface area contributed by atoms with Crippen LogP contribution in [0.25, 0.3) is 12.2 Å². The van der Waals surface area contributed by atoms with Crippen molar-refractivity contribution in [3.8, 4) is 11.6 Å². The van der Waals surface area contributed by atoms with Crippen molar-refractivity contribution in [2.75, 3.05) is 0 Å². The summed E-state index contributed by atoms with van der Waals surface area (Å²) in [6, 6.07) is 27.7. The molecule has 0 aliphatic heterocycles. The molecule has 0 atom stereocenters. The first-order chi connectivity index (χ1) is 15.3. The van der Waals surface area contributed by atoms with Crippen molar-refractivity contribution in [3.63, 3.8) is 0 Å². The van der Waals surface area contributed by atoms with Gasteiger partial charge in [0.1, 0.15) is 19.0 Å². The molecule has 0 radical (unpaired) electrons. The Morgan fingerprint density at radius 1 is 0.677 bits per heavy atom. The van der Waals surface area contributed by atoms with Crippen LogP contribution < -0.4 is 9.47 Å². The van der Waals surface area contributed by atoms with E-state index in [0.717, 1.165) is 16.7 Å². The van der Waals surface area contributed by atoms with Gasteiger partial charge in [0.2, 0.25) is 0 Å². The van der Waals surface area contributed by atoms with Gasteiger partial charge in [-0.15, -0.1) is 10.2 Å². The molecule has 4 rings (SSSR count). The zero-order chi connectivity index (χ0) is 21.3. The molecule has 4 nitrogen and oxygen atoms in total. The van der Waals surface area contributed by atoms with E-state index in [-0.39, 0.29) is 5.82 Å². The van der Waals surface area contributed by atoms with Crippen molar-refractivity contribution in [1.29, 1.82) is 0 Å². The Hall–Kier alpha value is -3.99. The molecule has 0 saturated heterocycles. The molecule has 4 aromatic rings. The van der Waals surface area contributed by atoms with Gasteiger partial charge in [0.05, 0.1) is 5.69 Å². The number of aromatic nitrogens is 2. The number of hydrogen-bond donors (Lipinski definition) is 0. The van der Waals surface area contributed by atoms with E-state index in [0.29, 0.717) is 30.5 Å². The second kappa shape index (κ2) is 10.2. The van der Waals surface area contributed by atoms with Gasteiger partial charge in [-0.05, 0) is 34.9 Å². The van der Waals surface area contributed by atoms with Gasteiger partial charge >= 0.3 is 0 Å². The highest BCUT2D eigenvalue weighted by Gasteiger charge is 2.10. The van der Waals surface area contributed by atoms with Crippen LogP contribution in [-0.4, -0.2) is 10.2 Å². The largest absolute Gasteiger partial charge is 0.483 e. The zero-order valence-corrected chi connectivity index (χ0v) is 16.8. The van der Waals surface area contributed by atoms with Gasteiger partial charge in [-0.2, -0.15) is 0 Å². The molecule has 1 aromatic heterocycles. The van der Waals surface area contributed by atoms with Crippen LogP contribution in [-0.2, 0) is 13.2 Å². The third-order valence-electron chi connectivity index (χ3n) is 4.52. The molecule has 31 heavy (non-hydrogen) atoms. The van der Waals surface area contributed by atoms with E-state index in [1.54, 1.807) is 24.3 Å². The smallest absolute Gasteiger partial charge is 0.276 e. The van der Waals surface area contributed by atoms with Gasteiger partial charge in [0.25, 0.3) is 5.88 Å². The minimum atomic E-state index is -0.270. The van der Waals surface area contributed by atoms with Gasteiger partial charge in [-0.25, -0.2) is 4.39 Å². The Balaban J connectivity index is 1.53. The number of nitrogens with zero attached hydrogens (tertiary/aromatic N) is 2. The molecule has 0 aliphatic rings. The molecule has 1 heterocycles. The predicted octanol–water partition coefficient (Wildman–Crippen LogP) is 5.94. The van der Waals surface area contributed by atoms with E-state index in [4.69, 9.17) is 9.47 Å². The molecule has 5 heteroatoms. The van der Waals surface area contributed by atoms with Crippen LogP contribution in [0, 0.1) is 5.82 Å². The normalized spacial score (nSPS) is 10.9. The third-order valence-corrected chi connectivity index (χ3v) is 4.52. The molecular weight excluding hydrogens is 391 g/mol. The Bertz CT molecular complexity index is 1130. The fraction of sp³-hybridized carbons (Fsp3) is 0.0769. The monoisotopic (exact) mass is 412 g/mol. The fourth-order valence-electron chi connectivity index (χ4n) is 2.88. The average molecular weight is 412 g/mol. The molecular formula is C26H21FN2O2. The Kier molecular flexibility index (Phi) is 6.65. The van der Waals surface area contributed by atoms with E-state index < -0.39 is 0 Å². The molecule has 0 bridgehead atoms. The molecule has 0 aliphatic carbocycles. The topological polar surface area (TPSA) is 44.2 Å². The van der Waals surface area contributed by atoms with Crippen molar-refractivity contribution in [2.24, 2.45) is 0 Å². The highest BCUT2D eigenvalue weighted by molar-refractivity contribution is 5.68. The lowest BCUT2D eigenvalue weighted by molar-refractivity contribution is 0.244. The quantitative estimate of drug-likeness (QED) is 0.359. The zero-order valence-electron chi connectivity index (χ0n) is 16.8. The Morgan fingerprint density at radius 2 is 1.29 bits per heavy atom. The first-order valence-corrected chi connectivity index (χ1v) is 9.91. The van der Waals surface area contributed by atoms with E-state index in [2.05, 4.69) is 10.2 Å². The SMILES string of the molecule is Fc1ccc(C=Cc2cc(OCc3ccccc3)c(OCc3ccccc3)nn2)cc1. The van der Waals surface area contributed by atoms with Crippen LogP contribution in [0.2, 0.25) is 0 Å². The van der Waals surface area contributed by atoms with Gasteiger partial charge in [0.15, 0.2) is 5.75 Å². The summed E-state index contributed by atoms with van der Waals surface area (Å²) in [4.78, 5) is 0. The van der Waals surface area contributed by atoms with Crippen molar-refractivity contribution in [3.05, 3.63) is 119 Å². The van der Waals surface area contributed by atoms with Gasteiger partial charge in [-0.1, -0.05) is 78.9 Å². The number of benzene rings is 3. The summed E-state index contributed by atoms with van der Waals surface area (Å²) in [5.41, 5.74) is 3.54. The van der Waals surface area contributed by atoms with E-state index in [1.807, 2.05) is 66.7 Å². The highest BCUT2D eigenvalue weighted by atomic mass is 19.1. The second-order valence-corrected chi connectivity index (χ2v) is 6.87.